The molecule has 0 bridgehead atoms. The van der Waals surface area contributed by atoms with Gasteiger partial charge in [0.1, 0.15) is 10.9 Å². The lowest BCUT2D eigenvalue weighted by Crippen LogP contribution is -2.41. The summed E-state index contributed by atoms with van der Waals surface area (Å²) in [5.74, 6) is -2.75. The molecule has 4 aromatic rings. The van der Waals surface area contributed by atoms with E-state index >= 15 is 0 Å². The summed E-state index contributed by atoms with van der Waals surface area (Å²) in [5.41, 5.74) is 0.639. The fraction of sp³-hybridized carbons (Fsp3) is 0.100. The van der Waals surface area contributed by atoms with Crippen LogP contribution < -0.4 is 10.6 Å². The highest BCUT2D eigenvalue weighted by atomic mass is 32.1. The number of thiophene rings is 1. The van der Waals surface area contributed by atoms with E-state index < -0.39 is 29.5 Å². The Morgan fingerprint density at radius 1 is 1.16 bits per heavy atom. The lowest BCUT2D eigenvalue weighted by molar-refractivity contribution is -0.117. The molecule has 11 heteroatoms. The Kier molecular flexibility index (Phi) is 5.58. The highest BCUT2D eigenvalue weighted by molar-refractivity contribution is 7.14. The second kappa shape index (κ2) is 8.48. The van der Waals surface area contributed by atoms with Gasteiger partial charge in [0.15, 0.2) is 17.4 Å². The number of nitrogens with one attached hydrogen (secondary N) is 2. The fourth-order valence-corrected chi connectivity index (χ4v) is 3.39. The molecule has 31 heavy (non-hydrogen) atoms. The molecule has 8 nitrogen and oxygen atoms in total. The van der Waals surface area contributed by atoms with Gasteiger partial charge in [0.05, 0.1) is 12.0 Å². The number of carbonyl (C=O) groups excluding carboxylic acids is 2. The van der Waals surface area contributed by atoms with Crippen LogP contribution in [0.15, 0.2) is 57.0 Å². The van der Waals surface area contributed by atoms with Crippen LogP contribution in [0.5, 0.6) is 0 Å². The van der Waals surface area contributed by atoms with Gasteiger partial charge in [-0.3, -0.25) is 9.59 Å². The van der Waals surface area contributed by atoms with Crippen LogP contribution in [-0.2, 0) is 4.79 Å². The monoisotopic (exact) mass is 444 g/mol. The van der Waals surface area contributed by atoms with E-state index in [9.17, 15) is 18.4 Å². The lowest BCUT2D eigenvalue weighted by Gasteiger charge is -2.13. The zero-order valence-corrected chi connectivity index (χ0v) is 16.7. The maximum Gasteiger partial charge on any atom is 0.287 e. The zero-order chi connectivity index (χ0) is 22.0. The number of rotatable bonds is 6. The third-order valence-electron chi connectivity index (χ3n) is 4.21. The third-order valence-corrected chi connectivity index (χ3v) is 5.11. The minimum absolute atomic E-state index is 0.0682. The number of nitrogens with zero attached hydrogens (tertiary/aromatic N) is 2. The molecule has 3 aromatic heterocycles. The summed E-state index contributed by atoms with van der Waals surface area (Å²) >= 11 is 1.24. The molecule has 1 aromatic carbocycles. The Labute approximate surface area is 177 Å². The van der Waals surface area contributed by atoms with Crippen molar-refractivity contribution in [3.8, 4) is 22.2 Å². The topological polar surface area (TPSA) is 110 Å². The predicted octanol–water partition coefficient (Wildman–Crippen LogP) is 4.09. The van der Waals surface area contributed by atoms with Crippen molar-refractivity contribution in [2.75, 3.05) is 5.32 Å². The van der Waals surface area contributed by atoms with Crippen molar-refractivity contribution in [2.45, 2.75) is 13.0 Å². The molecule has 0 spiro atoms. The molecule has 0 saturated heterocycles. The molecule has 0 saturated carbocycles. The molecule has 2 N–H and O–H groups in total. The fourth-order valence-electron chi connectivity index (χ4n) is 2.62. The van der Waals surface area contributed by atoms with Gasteiger partial charge in [-0.05, 0) is 48.7 Å². The Hall–Kier alpha value is -3.86. The summed E-state index contributed by atoms with van der Waals surface area (Å²) < 4.78 is 36.8. The van der Waals surface area contributed by atoms with Gasteiger partial charge < -0.3 is 19.6 Å². The zero-order valence-electron chi connectivity index (χ0n) is 15.9. The van der Waals surface area contributed by atoms with Crippen LogP contribution in [0.3, 0.4) is 0 Å². The van der Waals surface area contributed by atoms with Gasteiger partial charge in [0.2, 0.25) is 11.7 Å². The molecule has 0 aliphatic rings. The van der Waals surface area contributed by atoms with Gasteiger partial charge in [-0.15, -0.1) is 11.3 Å². The highest BCUT2D eigenvalue weighted by Crippen LogP contribution is 2.34. The molecule has 3 heterocycles. The van der Waals surface area contributed by atoms with E-state index in [4.69, 9.17) is 8.94 Å². The van der Waals surface area contributed by atoms with Gasteiger partial charge in [-0.25, -0.2) is 8.78 Å². The number of hydrogen-bond donors (Lipinski definition) is 2. The molecule has 158 valence electrons. The smallest absolute Gasteiger partial charge is 0.287 e. The molecular weight excluding hydrogens is 430 g/mol. The van der Waals surface area contributed by atoms with E-state index in [1.54, 1.807) is 17.5 Å². The number of hydrogen-bond acceptors (Lipinski definition) is 7. The maximum absolute atomic E-state index is 13.5. The van der Waals surface area contributed by atoms with E-state index in [2.05, 4.69) is 20.8 Å². The largest absolute Gasteiger partial charge is 0.459 e. The normalized spacial score (nSPS) is 11.8. The first kappa shape index (κ1) is 20.4. The van der Waals surface area contributed by atoms with Gasteiger partial charge in [-0.1, -0.05) is 5.16 Å². The van der Waals surface area contributed by atoms with Crippen molar-refractivity contribution in [3.63, 3.8) is 0 Å². The second-order valence-corrected chi connectivity index (χ2v) is 7.29. The SMILES string of the molecule is C[C@@H](NC(=O)c1ccco1)C(=O)Nc1ccsc1-c1nc(-c2ccc(F)c(F)c2)no1. The molecule has 1 atom stereocenters. The number of halogens is 2. The molecule has 2 amide bonds. The average molecular weight is 444 g/mol. The molecule has 0 fully saturated rings. The van der Waals surface area contributed by atoms with Crippen LogP contribution in [0.2, 0.25) is 0 Å². The number of anilines is 1. The van der Waals surface area contributed by atoms with Crippen LogP contribution >= 0.6 is 11.3 Å². The molecule has 0 aliphatic carbocycles. The van der Waals surface area contributed by atoms with Crippen molar-refractivity contribution in [1.82, 2.24) is 15.5 Å². The van der Waals surface area contributed by atoms with Crippen LogP contribution in [0, 0.1) is 11.6 Å². The highest BCUT2D eigenvalue weighted by Gasteiger charge is 2.22. The van der Waals surface area contributed by atoms with E-state index in [1.165, 1.54) is 36.7 Å². The van der Waals surface area contributed by atoms with Crippen molar-refractivity contribution >= 4 is 28.8 Å². The van der Waals surface area contributed by atoms with Crippen molar-refractivity contribution < 1.29 is 27.3 Å². The Balaban J connectivity index is 1.48. The summed E-state index contributed by atoms with van der Waals surface area (Å²) in [6, 6.07) is 7.09. The minimum Gasteiger partial charge on any atom is -0.459 e. The summed E-state index contributed by atoms with van der Waals surface area (Å²) in [4.78, 5) is 29.2. The van der Waals surface area contributed by atoms with E-state index in [0.717, 1.165) is 12.1 Å². The molecular formula is C20H14F2N4O4S. The van der Waals surface area contributed by atoms with E-state index in [0.29, 0.717) is 10.6 Å². The van der Waals surface area contributed by atoms with Gasteiger partial charge in [-0.2, -0.15) is 4.98 Å². The predicted molar refractivity (Wildman–Crippen MR) is 107 cm³/mol. The Morgan fingerprint density at radius 3 is 2.74 bits per heavy atom. The van der Waals surface area contributed by atoms with Crippen LogP contribution in [-0.4, -0.2) is 28.0 Å². The molecule has 4 rings (SSSR count). The van der Waals surface area contributed by atoms with E-state index in [1.807, 2.05) is 0 Å². The first-order valence-corrected chi connectivity index (χ1v) is 9.82. The van der Waals surface area contributed by atoms with Gasteiger partial charge >= 0.3 is 0 Å². The standard InChI is InChI=1S/C20H14F2N4O4S/c1-10(23-19(28)15-3-2-7-29-15)18(27)24-14-6-8-31-16(14)20-25-17(26-30-20)11-4-5-12(21)13(22)9-11/h2-10H,1H3,(H,23,28)(H,24,27)/t10-/m1/s1. The van der Waals surface area contributed by atoms with Crippen molar-refractivity contribution in [2.24, 2.45) is 0 Å². The Morgan fingerprint density at radius 2 is 2.00 bits per heavy atom. The number of carbonyl (C=O) groups is 2. The number of amides is 2. The maximum atomic E-state index is 13.5. The third kappa shape index (κ3) is 4.36. The lowest BCUT2D eigenvalue weighted by atomic mass is 10.2. The molecule has 0 radical (unpaired) electrons. The quantitative estimate of drug-likeness (QED) is 0.463. The second-order valence-electron chi connectivity index (χ2n) is 6.38. The average Bonchev–Trinajstić information content (AvgIpc) is 3.51. The van der Waals surface area contributed by atoms with Crippen LogP contribution in [0.1, 0.15) is 17.5 Å². The van der Waals surface area contributed by atoms with Crippen molar-refractivity contribution in [1.29, 1.82) is 0 Å². The number of furan rings is 1. The van der Waals surface area contributed by atoms with Crippen molar-refractivity contribution in [3.05, 3.63) is 65.4 Å². The Bertz CT molecular complexity index is 1240. The summed E-state index contributed by atoms with van der Waals surface area (Å²) in [6.07, 6.45) is 1.36. The summed E-state index contributed by atoms with van der Waals surface area (Å²) in [5, 5.41) is 10.7. The van der Waals surface area contributed by atoms with Crippen LogP contribution in [0.4, 0.5) is 14.5 Å². The van der Waals surface area contributed by atoms with Gasteiger partial charge in [0, 0.05) is 5.56 Å². The molecule has 0 aliphatic heterocycles. The first-order chi connectivity index (χ1) is 14.9. The number of benzene rings is 1. The number of aromatic nitrogens is 2. The molecule has 0 unspecified atom stereocenters. The van der Waals surface area contributed by atoms with Crippen LogP contribution in [0.25, 0.3) is 22.2 Å². The first-order valence-electron chi connectivity index (χ1n) is 8.94. The summed E-state index contributed by atoms with van der Waals surface area (Å²) in [7, 11) is 0. The van der Waals surface area contributed by atoms with E-state index in [-0.39, 0.29) is 23.0 Å². The minimum atomic E-state index is -1.03. The van der Waals surface area contributed by atoms with Gasteiger partial charge in [0.25, 0.3) is 11.8 Å². The summed E-state index contributed by atoms with van der Waals surface area (Å²) in [6.45, 7) is 1.52.